The summed E-state index contributed by atoms with van der Waals surface area (Å²) in [5, 5.41) is 9.38. The van der Waals surface area contributed by atoms with Crippen molar-refractivity contribution in [1.29, 1.82) is 0 Å². The van der Waals surface area contributed by atoms with Crippen LogP contribution in [0.25, 0.3) is 0 Å². The molecule has 0 unspecified atom stereocenters. The molecule has 1 aliphatic heterocycles. The molecule has 0 bridgehead atoms. The molecule has 4 heteroatoms. The maximum Gasteiger partial charge on any atom is 0.0599 e. The highest BCUT2D eigenvalue weighted by molar-refractivity contribution is 8.13. The molecule has 0 aromatic rings. The zero-order valence-corrected chi connectivity index (χ0v) is 10.1. The van der Waals surface area contributed by atoms with Crippen molar-refractivity contribution in [2.24, 2.45) is 0 Å². The number of thiol groups is 1. The molecule has 2 fully saturated rings. The molecule has 1 atom stereocenters. The van der Waals surface area contributed by atoms with Crippen molar-refractivity contribution < 1.29 is 5.11 Å². The van der Waals surface area contributed by atoms with Crippen molar-refractivity contribution in [3.05, 3.63) is 0 Å². The highest BCUT2D eigenvalue weighted by atomic mass is 32.2. The van der Waals surface area contributed by atoms with Gasteiger partial charge in [0.05, 0.1) is 6.61 Å². The lowest BCUT2D eigenvalue weighted by Crippen LogP contribution is -2.54. The first-order valence-electron chi connectivity index (χ1n) is 5.51. The van der Waals surface area contributed by atoms with Crippen LogP contribution in [0, 0.1) is 0 Å². The van der Waals surface area contributed by atoms with Gasteiger partial charge in [-0.15, -0.1) is 0 Å². The van der Waals surface area contributed by atoms with Crippen LogP contribution in [0.2, 0.25) is 0 Å². The Morgan fingerprint density at radius 1 is 1.29 bits per heavy atom. The third kappa shape index (κ3) is 2.24. The molecule has 0 spiro atoms. The van der Waals surface area contributed by atoms with E-state index in [2.05, 4.69) is 21.7 Å². The summed E-state index contributed by atoms with van der Waals surface area (Å²) < 4.78 is 2.54. The van der Waals surface area contributed by atoms with Crippen LogP contribution >= 0.6 is 11.1 Å². The van der Waals surface area contributed by atoms with Gasteiger partial charge in [-0.25, -0.2) is 11.1 Å². The minimum atomic E-state index is 0.0267. The fourth-order valence-electron chi connectivity index (χ4n) is 2.27. The van der Waals surface area contributed by atoms with Crippen molar-refractivity contribution in [2.45, 2.75) is 24.9 Å². The highest BCUT2D eigenvalue weighted by Crippen LogP contribution is 2.33. The summed E-state index contributed by atoms with van der Waals surface area (Å²) in [6.07, 6.45) is 7.31. The topological polar surface area (TPSA) is 26.7 Å². The van der Waals surface area contributed by atoms with E-state index < -0.39 is 0 Å². The molecule has 1 aliphatic carbocycles. The zero-order chi connectivity index (χ0) is 10.1. The number of hydrogen-bond donors (Lipinski definition) is 2. The van der Waals surface area contributed by atoms with Crippen LogP contribution in [0.1, 0.15) is 12.8 Å². The molecule has 0 radical (unpaired) electrons. The van der Waals surface area contributed by atoms with Crippen molar-refractivity contribution in [2.75, 3.05) is 38.8 Å². The van der Waals surface area contributed by atoms with Crippen LogP contribution in [-0.4, -0.2) is 65.1 Å². The Hall–Kier alpha value is 0.230. The van der Waals surface area contributed by atoms with E-state index in [4.69, 9.17) is 0 Å². The third-order valence-corrected chi connectivity index (χ3v) is 4.79. The monoisotopic (exact) mass is 218 g/mol. The normalized spacial score (nSPS) is 31.9. The van der Waals surface area contributed by atoms with Crippen LogP contribution in [-0.2, 0) is 0 Å². The van der Waals surface area contributed by atoms with Crippen molar-refractivity contribution in [3.63, 3.8) is 0 Å². The molecule has 0 amide bonds. The molecule has 1 N–H and O–H groups in total. The van der Waals surface area contributed by atoms with Gasteiger partial charge in [-0.3, -0.25) is 9.21 Å². The maximum absolute atomic E-state index is 9.38. The van der Waals surface area contributed by atoms with Gasteiger partial charge in [0.2, 0.25) is 0 Å². The standard InChI is InChI=1S/C10H22N2OS/c1-14(2)11-5-6-12(9-3-4-9)10(7-11)8-13/h9-10,13-14H,3-8H2,1-2H3/t10-/m1/s1. The molecule has 84 valence electrons. The molecular formula is C10H22N2OS. The van der Waals surface area contributed by atoms with E-state index in [-0.39, 0.29) is 11.1 Å². The summed E-state index contributed by atoms with van der Waals surface area (Å²) in [5.41, 5.74) is 0. The van der Waals surface area contributed by atoms with Crippen molar-refractivity contribution >= 4 is 11.1 Å². The number of piperazine rings is 1. The molecule has 1 saturated heterocycles. The zero-order valence-electron chi connectivity index (χ0n) is 9.19. The van der Waals surface area contributed by atoms with Crippen LogP contribution < -0.4 is 0 Å². The molecular weight excluding hydrogens is 196 g/mol. The van der Waals surface area contributed by atoms with Crippen LogP contribution in [0.4, 0.5) is 0 Å². The molecule has 0 aromatic carbocycles. The van der Waals surface area contributed by atoms with Crippen molar-refractivity contribution in [3.8, 4) is 0 Å². The van der Waals surface area contributed by atoms with Gasteiger partial charge in [0.1, 0.15) is 0 Å². The summed E-state index contributed by atoms with van der Waals surface area (Å²) >= 11 is 0.0267. The first-order valence-corrected chi connectivity index (χ1v) is 7.70. The second-order valence-corrected chi connectivity index (χ2v) is 6.83. The molecule has 2 aliphatic rings. The van der Waals surface area contributed by atoms with Gasteiger partial charge in [0, 0.05) is 31.7 Å². The second-order valence-electron chi connectivity index (χ2n) is 4.57. The van der Waals surface area contributed by atoms with E-state index >= 15 is 0 Å². The van der Waals surface area contributed by atoms with Crippen LogP contribution in [0.15, 0.2) is 0 Å². The van der Waals surface area contributed by atoms with Crippen LogP contribution in [0.3, 0.4) is 0 Å². The maximum atomic E-state index is 9.38. The minimum absolute atomic E-state index is 0.0267. The van der Waals surface area contributed by atoms with Gasteiger partial charge < -0.3 is 5.11 Å². The van der Waals surface area contributed by atoms with Gasteiger partial charge in [0.25, 0.3) is 0 Å². The Morgan fingerprint density at radius 3 is 2.50 bits per heavy atom. The molecule has 1 heterocycles. The van der Waals surface area contributed by atoms with E-state index in [9.17, 15) is 5.11 Å². The Morgan fingerprint density at radius 2 is 2.00 bits per heavy atom. The smallest absolute Gasteiger partial charge is 0.0599 e. The van der Waals surface area contributed by atoms with E-state index in [0.29, 0.717) is 12.6 Å². The van der Waals surface area contributed by atoms with Gasteiger partial charge in [-0.2, -0.15) is 0 Å². The third-order valence-electron chi connectivity index (χ3n) is 3.30. The number of nitrogens with zero attached hydrogens (tertiary/aromatic N) is 2. The number of aliphatic hydroxyl groups excluding tert-OH is 1. The number of rotatable bonds is 3. The predicted molar refractivity (Wildman–Crippen MR) is 63.0 cm³/mol. The predicted octanol–water partition coefficient (Wildman–Crippen LogP) is 0.303. The molecule has 0 aromatic heterocycles. The summed E-state index contributed by atoms with van der Waals surface area (Å²) in [6, 6.07) is 1.20. The summed E-state index contributed by atoms with van der Waals surface area (Å²) in [4.78, 5) is 2.52. The van der Waals surface area contributed by atoms with E-state index in [1.165, 1.54) is 19.4 Å². The first kappa shape index (κ1) is 10.7. The fourth-order valence-corrected chi connectivity index (χ4v) is 3.27. The Bertz CT molecular complexity index is 197. The lowest BCUT2D eigenvalue weighted by atomic mass is 10.2. The summed E-state index contributed by atoms with van der Waals surface area (Å²) in [7, 11) is 0. The van der Waals surface area contributed by atoms with E-state index in [1.807, 2.05) is 0 Å². The second kappa shape index (κ2) is 4.39. The SMILES string of the molecule is C[SH](C)N1CCN(C2CC2)[C@@H](CO)C1. The van der Waals surface area contributed by atoms with Crippen molar-refractivity contribution in [1.82, 2.24) is 9.21 Å². The fraction of sp³-hybridized carbons (Fsp3) is 1.00. The highest BCUT2D eigenvalue weighted by Gasteiger charge is 2.37. The Kier molecular flexibility index (Phi) is 3.37. The lowest BCUT2D eigenvalue weighted by Gasteiger charge is -2.43. The average Bonchev–Trinajstić information content (AvgIpc) is 3.00. The van der Waals surface area contributed by atoms with Gasteiger partial charge in [-0.05, 0) is 25.4 Å². The molecule has 2 rings (SSSR count). The minimum Gasteiger partial charge on any atom is -0.395 e. The number of aliphatic hydroxyl groups is 1. The number of hydrogen-bond acceptors (Lipinski definition) is 3. The molecule has 1 saturated carbocycles. The summed E-state index contributed by atoms with van der Waals surface area (Å²) in [6.45, 7) is 3.77. The van der Waals surface area contributed by atoms with E-state index in [0.717, 1.165) is 19.1 Å². The Balaban J connectivity index is 1.92. The van der Waals surface area contributed by atoms with Gasteiger partial charge in [-0.1, -0.05) is 0 Å². The van der Waals surface area contributed by atoms with Gasteiger partial charge in [0.15, 0.2) is 0 Å². The van der Waals surface area contributed by atoms with Gasteiger partial charge >= 0.3 is 0 Å². The largest absolute Gasteiger partial charge is 0.395 e. The summed E-state index contributed by atoms with van der Waals surface area (Å²) in [5.74, 6) is 0. The Labute approximate surface area is 89.6 Å². The lowest BCUT2D eigenvalue weighted by molar-refractivity contribution is 0.0680. The van der Waals surface area contributed by atoms with E-state index in [1.54, 1.807) is 0 Å². The van der Waals surface area contributed by atoms with Crippen LogP contribution in [0.5, 0.6) is 0 Å². The average molecular weight is 218 g/mol. The molecule has 14 heavy (non-hydrogen) atoms. The quantitative estimate of drug-likeness (QED) is 0.667. The molecule has 3 nitrogen and oxygen atoms in total. The first-order chi connectivity index (χ1) is 6.72.